The fourth-order valence-corrected chi connectivity index (χ4v) is 6.92. The first-order valence-corrected chi connectivity index (χ1v) is 22.9. The number of aromatic nitrogens is 2. The number of hydrogen-bond acceptors (Lipinski definition) is 12. The van der Waals surface area contributed by atoms with Crippen LogP contribution in [-0.2, 0) is 20.0 Å². The molecule has 0 bridgehead atoms. The largest absolute Gasteiger partial charge is 2.00 e. The van der Waals surface area contributed by atoms with E-state index in [1.165, 1.54) is 62.6 Å². The molecule has 342 valence electrons. The van der Waals surface area contributed by atoms with Gasteiger partial charge >= 0.3 is 30.2 Å². The van der Waals surface area contributed by atoms with E-state index in [-0.39, 0.29) is 85.7 Å². The molecule has 0 unspecified atom stereocenters. The quantitative estimate of drug-likeness (QED) is 0.0656. The molecule has 6 aromatic rings. The van der Waals surface area contributed by atoms with E-state index in [2.05, 4.69) is 55.9 Å². The predicted octanol–water partition coefficient (Wildman–Crippen LogP) is 3.56. The van der Waals surface area contributed by atoms with E-state index < -0.39 is 50.6 Å². The SMILES string of the molecule is C=C(C)B(O)O.C=C(C)c1cc2c(C(=O)NC)c(-c3ccc(F)cc3)oc2nc1NS(C)(=O)=O.C=[C-]C.CNC(=O)c1c(-c2ccc(F)cc2)oc2nc(NS(C)(=O)=O)c(I)cc12.[Br-].[Mg+2]. The minimum atomic E-state index is -3.60. The van der Waals surface area contributed by atoms with Crippen molar-refractivity contribution in [3.63, 3.8) is 0 Å². The van der Waals surface area contributed by atoms with Crippen LogP contribution >= 0.6 is 22.6 Å². The second-order valence-electron chi connectivity index (χ2n) is 13.3. The van der Waals surface area contributed by atoms with Gasteiger partial charge in [0.1, 0.15) is 23.2 Å². The first-order valence-electron chi connectivity index (χ1n) is 18.0. The fourth-order valence-electron chi connectivity index (χ4n) is 5.16. The minimum absolute atomic E-state index is 0. The maximum Gasteiger partial charge on any atom is 2.00 e. The van der Waals surface area contributed by atoms with Crippen LogP contribution in [0, 0.1) is 21.3 Å². The number of carbonyl (C=O) groups excluding carboxylic acids is 2. The Morgan fingerprint density at radius 2 is 1.09 bits per heavy atom. The Hall–Kier alpha value is -4.70. The summed E-state index contributed by atoms with van der Waals surface area (Å²) < 4.78 is 89.5. The summed E-state index contributed by atoms with van der Waals surface area (Å²) in [7, 11) is -5.52. The number of allylic oxidation sites excluding steroid dienone is 3. The zero-order valence-corrected chi connectivity index (χ0v) is 42.9. The van der Waals surface area contributed by atoms with E-state index in [9.17, 15) is 35.2 Å². The van der Waals surface area contributed by atoms with Gasteiger partial charge in [0.2, 0.25) is 31.5 Å². The van der Waals surface area contributed by atoms with Gasteiger partial charge in [-0.25, -0.2) is 25.6 Å². The van der Waals surface area contributed by atoms with Crippen molar-refractivity contribution < 1.29 is 71.1 Å². The summed E-state index contributed by atoms with van der Waals surface area (Å²) in [4.78, 5) is 33.4. The normalized spacial score (nSPS) is 10.5. The standard InChI is InChI=1S/C19H18FN3O4S.C16H13FIN3O4S.C3H7BO2.C3H5.BrH.Mg/c1-10(2)13-9-14-15(18(24)21-3)16(11-5-7-12(20)8-6-11)27-19(14)22-17(13)23-28(4,25)26;1-19-15(22)12-10-7-11(18)14(21-26(2,23)24)20-16(10)25-13(12)8-3-5-9(17)6-4-8;1-3(2)4(5)6;1-3-2;;/h5-9H,1H2,2-4H3,(H,21,24)(H,22,23);3-7H,1-2H3,(H,19,22)(H,20,21);5-6H,1H2,2H3;1H2,2H3;1H;/q;;;-1;;+2/p-1. The molecule has 2 amide bonds. The molecule has 4 aromatic heterocycles. The minimum Gasteiger partial charge on any atom is -1.00 e. The van der Waals surface area contributed by atoms with Crippen LogP contribution in [0.4, 0.5) is 20.4 Å². The van der Waals surface area contributed by atoms with Crippen molar-refractivity contribution in [2.24, 2.45) is 0 Å². The number of carbonyl (C=O) groups is 2. The van der Waals surface area contributed by atoms with Crippen LogP contribution in [-0.4, -0.2) is 105 Å². The van der Waals surface area contributed by atoms with Crippen molar-refractivity contribution >= 4 is 124 Å². The van der Waals surface area contributed by atoms with Gasteiger partial charge in [-0.3, -0.25) is 25.6 Å². The molecule has 6 rings (SSSR count). The third kappa shape index (κ3) is 16.3. The van der Waals surface area contributed by atoms with Crippen molar-refractivity contribution in [2.45, 2.75) is 20.8 Å². The topological polar surface area (TPSA) is 243 Å². The van der Waals surface area contributed by atoms with Crippen molar-refractivity contribution in [1.29, 1.82) is 0 Å². The number of halogens is 4. The molecule has 2 aromatic carbocycles. The fraction of sp³-hybridized carbons (Fsp3) is 0.171. The van der Waals surface area contributed by atoms with Crippen LogP contribution in [0.3, 0.4) is 0 Å². The number of nitrogens with one attached hydrogen (secondary N) is 4. The van der Waals surface area contributed by atoms with Crippen LogP contribution in [0.2, 0.25) is 0 Å². The third-order valence-electron chi connectivity index (χ3n) is 7.90. The molecule has 4 heterocycles. The summed E-state index contributed by atoms with van der Waals surface area (Å²) >= 11 is 1.92. The number of hydrogen-bond donors (Lipinski definition) is 6. The average molecular weight is 1120 g/mol. The zero-order chi connectivity index (χ0) is 47.6. The number of rotatable bonds is 10. The number of furan rings is 2. The molecule has 0 aliphatic carbocycles. The molecule has 0 aliphatic heterocycles. The first kappa shape index (κ1) is 58.3. The Kier molecular flexibility index (Phi) is 22.7. The van der Waals surface area contributed by atoms with E-state index in [1.807, 2.05) is 22.6 Å². The van der Waals surface area contributed by atoms with E-state index in [4.69, 9.17) is 18.9 Å². The van der Waals surface area contributed by atoms with Gasteiger partial charge in [-0.05, 0) is 103 Å². The second-order valence-corrected chi connectivity index (χ2v) is 18.0. The Labute approximate surface area is 415 Å². The molecule has 16 nitrogen and oxygen atoms in total. The van der Waals surface area contributed by atoms with Gasteiger partial charge in [0, 0.05) is 30.8 Å². The second kappa shape index (κ2) is 25.3. The predicted molar refractivity (Wildman–Crippen MR) is 255 cm³/mol. The smallest absolute Gasteiger partial charge is 1.00 e. The first-order chi connectivity index (χ1) is 29.4. The maximum absolute atomic E-state index is 13.3. The molecule has 0 aliphatic rings. The Bertz CT molecular complexity index is 2920. The monoisotopic (exact) mass is 1120 g/mol. The maximum atomic E-state index is 13.3. The summed E-state index contributed by atoms with van der Waals surface area (Å²) in [5, 5.41) is 22.1. The Morgan fingerprint density at radius 1 is 0.754 bits per heavy atom. The van der Waals surface area contributed by atoms with Gasteiger partial charge in [-0.15, -0.1) is 6.58 Å². The van der Waals surface area contributed by atoms with Crippen LogP contribution in [0.5, 0.6) is 0 Å². The molecule has 0 atom stereocenters. The summed E-state index contributed by atoms with van der Waals surface area (Å²) in [6.07, 6.45) is 4.51. The van der Waals surface area contributed by atoms with E-state index in [0.29, 0.717) is 42.1 Å². The molecular weight excluding hydrogens is 1080 g/mol. The zero-order valence-electron chi connectivity index (χ0n) is 36.1. The van der Waals surface area contributed by atoms with Crippen LogP contribution in [0.15, 0.2) is 94.7 Å². The molecule has 65 heavy (non-hydrogen) atoms. The third-order valence-corrected chi connectivity index (χ3v) is 9.86. The molecule has 0 spiro atoms. The number of amides is 2. The molecule has 0 saturated heterocycles. The van der Waals surface area contributed by atoms with Crippen LogP contribution in [0.1, 0.15) is 47.1 Å². The number of nitrogens with zero attached hydrogens (tertiary/aromatic N) is 2. The summed E-state index contributed by atoms with van der Waals surface area (Å²) in [5.74, 6) is -1.10. The van der Waals surface area contributed by atoms with Crippen molar-refractivity contribution in [3.05, 3.63) is 124 Å². The number of sulfonamides is 2. The van der Waals surface area contributed by atoms with Gasteiger partial charge in [-0.1, -0.05) is 12.1 Å². The molecule has 0 fully saturated rings. The molecule has 24 heteroatoms. The van der Waals surface area contributed by atoms with Crippen molar-refractivity contribution in [2.75, 3.05) is 36.1 Å². The van der Waals surface area contributed by atoms with E-state index >= 15 is 0 Å². The Balaban J connectivity index is 0.000000535. The average Bonchev–Trinajstić information content (AvgIpc) is 3.75. The summed E-state index contributed by atoms with van der Waals surface area (Å²) in [6.45, 7) is 15.3. The molecule has 0 saturated carbocycles. The van der Waals surface area contributed by atoms with Gasteiger partial charge < -0.3 is 52.6 Å². The van der Waals surface area contributed by atoms with Gasteiger partial charge in [0.25, 0.3) is 11.8 Å². The van der Waals surface area contributed by atoms with Crippen LogP contribution < -0.4 is 37.1 Å². The van der Waals surface area contributed by atoms with Gasteiger partial charge in [-0.2, -0.15) is 16.9 Å². The summed E-state index contributed by atoms with van der Waals surface area (Å²) in [5.41, 5.74) is 2.93. The molecular formula is C41H43BBrF2IMgN6O10S2. The van der Waals surface area contributed by atoms with E-state index in [1.54, 1.807) is 32.9 Å². The Morgan fingerprint density at radius 3 is 1.42 bits per heavy atom. The number of pyridine rings is 2. The number of anilines is 2. The molecule has 6 N–H and O–H groups in total. The van der Waals surface area contributed by atoms with E-state index in [0.717, 1.165) is 12.5 Å². The van der Waals surface area contributed by atoms with Gasteiger partial charge in [0.05, 0.1) is 38.0 Å². The summed E-state index contributed by atoms with van der Waals surface area (Å²) in [6, 6.07) is 14.1. The number of benzene rings is 2. The van der Waals surface area contributed by atoms with Crippen molar-refractivity contribution in [1.82, 2.24) is 20.6 Å². The van der Waals surface area contributed by atoms with Gasteiger partial charge in [0.15, 0.2) is 11.6 Å². The van der Waals surface area contributed by atoms with Crippen molar-refractivity contribution in [3.8, 4) is 22.6 Å². The molecule has 0 radical (unpaired) electrons. The number of fused-ring (bicyclic) bond motifs is 2. The van der Waals surface area contributed by atoms with Crippen LogP contribution in [0.25, 0.3) is 50.4 Å².